The number of aromatic nitrogens is 2. The van der Waals surface area contributed by atoms with Gasteiger partial charge in [-0.15, -0.1) is 11.3 Å². The normalized spacial score (nSPS) is 15.5. The van der Waals surface area contributed by atoms with Gasteiger partial charge in [0.2, 0.25) is 10.0 Å². The molecule has 0 atom stereocenters. The third-order valence-corrected chi connectivity index (χ3v) is 8.68. The van der Waals surface area contributed by atoms with Gasteiger partial charge in [-0.2, -0.15) is 4.31 Å². The van der Waals surface area contributed by atoms with Crippen molar-refractivity contribution < 1.29 is 8.42 Å². The molecule has 0 N–H and O–H groups in total. The average Bonchev–Trinajstić information content (AvgIpc) is 3.24. The number of fused-ring (bicyclic) bond motifs is 1. The Morgan fingerprint density at radius 3 is 2.45 bits per heavy atom. The first-order valence-corrected chi connectivity index (χ1v) is 12.9. The maximum Gasteiger partial charge on any atom is 0.243 e. The SMILES string of the molecule is O=S(=O)(c1cccc(Br)c1)N1CCN(c2ncnc3scc(-c4ccccc4)c23)CC1. The molecule has 3 heterocycles. The van der Waals surface area contributed by atoms with Gasteiger partial charge in [0.25, 0.3) is 0 Å². The van der Waals surface area contributed by atoms with Gasteiger partial charge in [-0.25, -0.2) is 18.4 Å². The number of nitrogens with zero attached hydrogens (tertiary/aromatic N) is 4. The second-order valence-corrected chi connectivity index (χ2v) is 11.0. The molecule has 1 fully saturated rings. The first-order valence-electron chi connectivity index (χ1n) is 9.82. The predicted octanol–water partition coefficient (Wildman–Crippen LogP) is 4.63. The van der Waals surface area contributed by atoms with Crippen LogP contribution in [0.4, 0.5) is 5.82 Å². The third kappa shape index (κ3) is 3.87. The lowest BCUT2D eigenvalue weighted by Gasteiger charge is -2.35. The van der Waals surface area contributed by atoms with Crippen LogP contribution in [0.15, 0.2) is 75.7 Å². The van der Waals surface area contributed by atoms with Crippen molar-refractivity contribution in [3.05, 3.63) is 70.8 Å². The summed E-state index contributed by atoms with van der Waals surface area (Å²) in [6.45, 7) is 1.96. The van der Waals surface area contributed by atoms with Crippen molar-refractivity contribution in [3.63, 3.8) is 0 Å². The minimum atomic E-state index is -3.53. The van der Waals surface area contributed by atoms with E-state index in [1.165, 1.54) is 0 Å². The Bertz CT molecular complexity index is 1330. The topological polar surface area (TPSA) is 66.4 Å². The molecular weight excluding hydrogens is 496 g/mol. The highest BCUT2D eigenvalue weighted by molar-refractivity contribution is 9.10. The molecule has 0 radical (unpaired) electrons. The van der Waals surface area contributed by atoms with E-state index in [4.69, 9.17) is 0 Å². The summed E-state index contributed by atoms with van der Waals surface area (Å²) in [5.41, 5.74) is 2.24. The van der Waals surface area contributed by atoms with Gasteiger partial charge < -0.3 is 4.90 Å². The fourth-order valence-corrected chi connectivity index (χ4v) is 6.78. The maximum atomic E-state index is 13.1. The Hall–Kier alpha value is -2.33. The zero-order valence-electron chi connectivity index (χ0n) is 16.5. The van der Waals surface area contributed by atoms with Crippen LogP contribution in [0.2, 0.25) is 0 Å². The standard InChI is InChI=1S/C22H19BrN4O2S2/c23-17-7-4-8-18(13-17)31(28,29)27-11-9-26(10-12-27)21-20-19(16-5-2-1-3-6-16)14-30-22(20)25-15-24-21/h1-8,13-15H,9-12H2. The molecule has 6 nitrogen and oxygen atoms in total. The molecule has 0 unspecified atom stereocenters. The minimum absolute atomic E-state index is 0.309. The van der Waals surface area contributed by atoms with E-state index in [0.29, 0.717) is 31.1 Å². The number of piperazine rings is 1. The Kier molecular flexibility index (Phi) is 5.51. The van der Waals surface area contributed by atoms with Gasteiger partial charge in [-0.1, -0.05) is 52.3 Å². The van der Waals surface area contributed by atoms with Crippen LogP contribution in [0.3, 0.4) is 0 Å². The zero-order chi connectivity index (χ0) is 21.4. The van der Waals surface area contributed by atoms with E-state index in [-0.39, 0.29) is 0 Å². The molecule has 2 aromatic heterocycles. The summed E-state index contributed by atoms with van der Waals surface area (Å²) in [4.78, 5) is 12.5. The Morgan fingerprint density at radius 2 is 1.71 bits per heavy atom. The lowest BCUT2D eigenvalue weighted by atomic mass is 10.1. The molecule has 0 aliphatic carbocycles. The fraction of sp³-hybridized carbons (Fsp3) is 0.182. The third-order valence-electron chi connectivity index (χ3n) is 5.41. The highest BCUT2D eigenvalue weighted by atomic mass is 79.9. The van der Waals surface area contributed by atoms with Crippen LogP contribution in [-0.2, 0) is 10.0 Å². The molecule has 1 aliphatic rings. The van der Waals surface area contributed by atoms with E-state index >= 15 is 0 Å². The number of thiophene rings is 1. The number of sulfonamides is 1. The molecule has 4 aromatic rings. The summed E-state index contributed by atoms with van der Waals surface area (Å²) in [6.07, 6.45) is 1.59. The van der Waals surface area contributed by atoms with Crippen LogP contribution < -0.4 is 4.90 Å². The van der Waals surface area contributed by atoms with E-state index in [1.54, 1.807) is 40.2 Å². The number of hydrogen-bond acceptors (Lipinski definition) is 6. The van der Waals surface area contributed by atoms with Gasteiger partial charge in [0.1, 0.15) is 17.0 Å². The molecule has 31 heavy (non-hydrogen) atoms. The molecule has 1 aliphatic heterocycles. The Balaban J connectivity index is 1.43. The number of halogens is 1. The van der Waals surface area contributed by atoms with Gasteiger partial charge in [0.05, 0.1) is 10.3 Å². The van der Waals surface area contributed by atoms with Gasteiger partial charge in [-0.05, 0) is 23.8 Å². The van der Waals surface area contributed by atoms with Gasteiger partial charge in [-0.3, -0.25) is 0 Å². The average molecular weight is 515 g/mol. The molecule has 0 saturated carbocycles. The van der Waals surface area contributed by atoms with Crippen LogP contribution in [0.25, 0.3) is 21.3 Å². The van der Waals surface area contributed by atoms with E-state index in [1.807, 2.05) is 24.3 Å². The number of rotatable bonds is 4. The van der Waals surface area contributed by atoms with Crippen molar-refractivity contribution in [2.75, 3.05) is 31.1 Å². The van der Waals surface area contributed by atoms with Crippen molar-refractivity contribution in [1.82, 2.24) is 14.3 Å². The van der Waals surface area contributed by atoms with E-state index < -0.39 is 10.0 Å². The lowest BCUT2D eigenvalue weighted by Crippen LogP contribution is -2.49. The summed E-state index contributed by atoms with van der Waals surface area (Å²) in [7, 11) is -3.53. The van der Waals surface area contributed by atoms with Crippen LogP contribution in [0.1, 0.15) is 0 Å². The van der Waals surface area contributed by atoms with Crippen molar-refractivity contribution in [2.24, 2.45) is 0 Å². The molecule has 9 heteroatoms. The smallest absolute Gasteiger partial charge is 0.243 e. The molecule has 158 valence electrons. The van der Waals surface area contributed by atoms with E-state index in [0.717, 1.165) is 31.6 Å². The Labute approximate surface area is 193 Å². The predicted molar refractivity (Wildman–Crippen MR) is 128 cm³/mol. The maximum absolute atomic E-state index is 13.1. The molecule has 0 spiro atoms. The first kappa shape index (κ1) is 20.6. The molecule has 2 aromatic carbocycles. The van der Waals surface area contributed by atoms with Crippen LogP contribution in [0.5, 0.6) is 0 Å². The monoisotopic (exact) mass is 514 g/mol. The minimum Gasteiger partial charge on any atom is -0.353 e. The van der Waals surface area contributed by atoms with Gasteiger partial charge in [0.15, 0.2) is 0 Å². The van der Waals surface area contributed by atoms with Crippen LogP contribution >= 0.6 is 27.3 Å². The first-order chi connectivity index (χ1) is 15.0. The fourth-order valence-electron chi connectivity index (χ4n) is 3.85. The second-order valence-electron chi connectivity index (χ2n) is 7.24. The Morgan fingerprint density at radius 1 is 0.935 bits per heavy atom. The van der Waals surface area contributed by atoms with Crippen molar-refractivity contribution in [1.29, 1.82) is 0 Å². The molecule has 0 amide bonds. The summed E-state index contributed by atoms with van der Waals surface area (Å²) >= 11 is 4.96. The van der Waals surface area contributed by atoms with Crippen LogP contribution in [-0.4, -0.2) is 48.9 Å². The van der Waals surface area contributed by atoms with Crippen molar-refractivity contribution >= 4 is 53.3 Å². The second kappa shape index (κ2) is 8.31. The number of benzene rings is 2. The van der Waals surface area contributed by atoms with E-state index in [9.17, 15) is 8.42 Å². The summed E-state index contributed by atoms with van der Waals surface area (Å²) in [5, 5.41) is 3.15. The summed E-state index contributed by atoms with van der Waals surface area (Å²) < 4.78 is 28.4. The molecule has 5 rings (SSSR count). The highest BCUT2D eigenvalue weighted by Crippen LogP contribution is 2.38. The van der Waals surface area contributed by atoms with Crippen molar-refractivity contribution in [3.8, 4) is 11.1 Å². The highest BCUT2D eigenvalue weighted by Gasteiger charge is 2.30. The number of anilines is 1. The quantitative estimate of drug-likeness (QED) is 0.397. The molecule has 1 saturated heterocycles. The lowest BCUT2D eigenvalue weighted by molar-refractivity contribution is 0.384. The van der Waals surface area contributed by atoms with E-state index in [2.05, 4.69) is 48.3 Å². The summed E-state index contributed by atoms with van der Waals surface area (Å²) in [6, 6.07) is 17.1. The summed E-state index contributed by atoms with van der Waals surface area (Å²) in [5.74, 6) is 0.865. The van der Waals surface area contributed by atoms with Crippen LogP contribution in [0, 0.1) is 0 Å². The largest absolute Gasteiger partial charge is 0.353 e. The molecular formula is C22H19BrN4O2S2. The number of hydrogen-bond donors (Lipinski definition) is 0. The van der Waals surface area contributed by atoms with Gasteiger partial charge in [0, 0.05) is 41.6 Å². The van der Waals surface area contributed by atoms with Gasteiger partial charge >= 0.3 is 0 Å². The van der Waals surface area contributed by atoms with Crippen molar-refractivity contribution in [2.45, 2.75) is 4.90 Å². The zero-order valence-corrected chi connectivity index (χ0v) is 19.7. The molecule has 0 bridgehead atoms.